The largest absolute Gasteiger partial charge is 0.368 e. The maximum Gasteiger partial charge on any atom is 0.0991 e. The molecule has 0 aromatic heterocycles. The van der Waals surface area contributed by atoms with Crippen molar-refractivity contribution in [3.63, 3.8) is 0 Å². The molecular weight excluding hydrogens is 234 g/mol. The summed E-state index contributed by atoms with van der Waals surface area (Å²) in [5.74, 6) is 0.817. The van der Waals surface area contributed by atoms with Crippen LogP contribution >= 0.6 is 0 Å². The Bertz CT molecular complexity index is 450. The molecule has 1 saturated heterocycles. The van der Waals surface area contributed by atoms with E-state index in [0.29, 0.717) is 0 Å². The molecule has 0 amide bonds. The molecule has 0 atom stereocenters. The second-order valence-corrected chi connectivity index (χ2v) is 5.74. The third-order valence-corrected chi connectivity index (χ3v) is 4.23. The number of rotatable bonds is 4. The molecule has 1 aliphatic carbocycles. The van der Waals surface area contributed by atoms with Gasteiger partial charge in [-0.3, -0.25) is 0 Å². The Balaban J connectivity index is 1.70. The Morgan fingerprint density at radius 2 is 1.79 bits per heavy atom. The summed E-state index contributed by atoms with van der Waals surface area (Å²) in [6, 6.07) is 11.0. The molecule has 1 saturated carbocycles. The second kappa shape index (κ2) is 5.63. The molecule has 1 heterocycles. The van der Waals surface area contributed by atoms with Crippen molar-refractivity contribution >= 4 is 5.69 Å². The number of hydrogen-bond donors (Lipinski definition) is 1. The summed E-state index contributed by atoms with van der Waals surface area (Å²) in [7, 11) is 0. The number of piperidine rings is 1. The van der Waals surface area contributed by atoms with Gasteiger partial charge in [-0.2, -0.15) is 5.26 Å². The van der Waals surface area contributed by atoms with Crippen LogP contribution in [-0.4, -0.2) is 25.7 Å². The molecule has 3 nitrogen and oxygen atoms in total. The molecule has 3 heteroatoms. The van der Waals surface area contributed by atoms with Gasteiger partial charge in [0, 0.05) is 18.3 Å². The Hall–Kier alpha value is -1.53. The van der Waals surface area contributed by atoms with Crippen molar-refractivity contribution in [2.75, 3.05) is 24.5 Å². The first-order chi connectivity index (χ1) is 9.36. The van der Waals surface area contributed by atoms with Gasteiger partial charge in [0.1, 0.15) is 0 Å². The van der Waals surface area contributed by atoms with Crippen LogP contribution in [0.15, 0.2) is 24.3 Å². The normalized spacial score (nSPS) is 19.9. The number of nitriles is 1. The van der Waals surface area contributed by atoms with Crippen LogP contribution in [0, 0.1) is 17.2 Å². The Morgan fingerprint density at radius 3 is 2.37 bits per heavy atom. The van der Waals surface area contributed by atoms with E-state index in [0.717, 1.165) is 30.6 Å². The molecule has 0 spiro atoms. The summed E-state index contributed by atoms with van der Waals surface area (Å²) in [6.07, 6.45) is 5.23. The van der Waals surface area contributed by atoms with Crippen LogP contribution in [0.25, 0.3) is 0 Å². The molecule has 2 fully saturated rings. The number of hydrogen-bond acceptors (Lipinski definition) is 3. The van der Waals surface area contributed by atoms with E-state index in [2.05, 4.69) is 28.4 Å². The van der Waals surface area contributed by atoms with Crippen molar-refractivity contribution in [1.29, 1.82) is 5.26 Å². The summed E-state index contributed by atoms with van der Waals surface area (Å²) in [6.45, 7) is 3.51. The van der Waals surface area contributed by atoms with Gasteiger partial charge in [-0.15, -0.1) is 0 Å². The minimum atomic E-state index is 0.739. The first-order valence-electron chi connectivity index (χ1n) is 7.34. The quantitative estimate of drug-likeness (QED) is 0.898. The van der Waals surface area contributed by atoms with Gasteiger partial charge in [0.05, 0.1) is 11.6 Å². The minimum Gasteiger partial charge on any atom is -0.368 e. The zero-order valence-electron chi connectivity index (χ0n) is 11.3. The standard InChI is InChI=1S/C16H21N3/c17-11-13-1-3-15(4-2-13)19(16-5-6-16)12-14-7-9-18-10-8-14/h1-4,14,16,18H,5-10,12H2. The third kappa shape index (κ3) is 3.08. The van der Waals surface area contributed by atoms with Crippen molar-refractivity contribution in [1.82, 2.24) is 5.32 Å². The van der Waals surface area contributed by atoms with Gasteiger partial charge in [-0.1, -0.05) is 0 Å². The number of nitrogens with one attached hydrogen (secondary N) is 1. The highest BCUT2D eigenvalue weighted by Gasteiger charge is 2.31. The third-order valence-electron chi connectivity index (χ3n) is 4.23. The van der Waals surface area contributed by atoms with Crippen molar-refractivity contribution in [3.05, 3.63) is 29.8 Å². The molecule has 0 unspecified atom stereocenters. The topological polar surface area (TPSA) is 39.1 Å². The van der Waals surface area contributed by atoms with Gasteiger partial charge < -0.3 is 10.2 Å². The van der Waals surface area contributed by atoms with Gasteiger partial charge in [-0.25, -0.2) is 0 Å². The molecule has 0 radical (unpaired) electrons. The summed E-state index contributed by atoms with van der Waals surface area (Å²) < 4.78 is 0. The molecule has 2 aliphatic rings. The fourth-order valence-electron chi connectivity index (χ4n) is 2.92. The summed E-state index contributed by atoms with van der Waals surface area (Å²) in [4.78, 5) is 2.57. The Morgan fingerprint density at radius 1 is 1.11 bits per heavy atom. The monoisotopic (exact) mass is 255 g/mol. The highest BCUT2D eigenvalue weighted by Crippen LogP contribution is 2.33. The average molecular weight is 255 g/mol. The summed E-state index contributed by atoms with van der Waals surface area (Å²) in [5, 5.41) is 12.3. The molecule has 0 bridgehead atoms. The molecule has 3 rings (SSSR count). The van der Waals surface area contributed by atoms with Crippen LogP contribution in [0.5, 0.6) is 0 Å². The van der Waals surface area contributed by atoms with E-state index in [1.54, 1.807) is 0 Å². The van der Waals surface area contributed by atoms with E-state index in [1.165, 1.54) is 37.9 Å². The zero-order valence-corrected chi connectivity index (χ0v) is 11.3. The highest BCUT2D eigenvalue weighted by molar-refractivity contribution is 5.51. The summed E-state index contributed by atoms with van der Waals surface area (Å²) >= 11 is 0. The number of nitrogens with zero attached hydrogens (tertiary/aromatic N) is 2. The number of anilines is 1. The van der Waals surface area contributed by atoms with Gasteiger partial charge in [0.25, 0.3) is 0 Å². The second-order valence-electron chi connectivity index (χ2n) is 5.74. The van der Waals surface area contributed by atoms with Gasteiger partial charge in [0.2, 0.25) is 0 Å². The average Bonchev–Trinajstić information content (AvgIpc) is 3.31. The predicted molar refractivity (Wildman–Crippen MR) is 77.1 cm³/mol. The van der Waals surface area contributed by atoms with Crippen LogP contribution < -0.4 is 10.2 Å². The molecule has 100 valence electrons. The molecule has 1 aromatic rings. The fraction of sp³-hybridized carbons (Fsp3) is 0.562. The smallest absolute Gasteiger partial charge is 0.0991 e. The van der Waals surface area contributed by atoms with E-state index in [-0.39, 0.29) is 0 Å². The van der Waals surface area contributed by atoms with Crippen LogP contribution in [0.2, 0.25) is 0 Å². The van der Waals surface area contributed by atoms with Crippen LogP contribution in [0.4, 0.5) is 5.69 Å². The fourth-order valence-corrected chi connectivity index (χ4v) is 2.92. The zero-order chi connectivity index (χ0) is 13.1. The lowest BCUT2D eigenvalue weighted by Crippen LogP contribution is -2.37. The lowest BCUT2D eigenvalue weighted by molar-refractivity contribution is 0.372. The molecule has 1 N–H and O–H groups in total. The van der Waals surface area contributed by atoms with Crippen LogP contribution in [0.3, 0.4) is 0 Å². The van der Waals surface area contributed by atoms with E-state index in [9.17, 15) is 0 Å². The van der Waals surface area contributed by atoms with Gasteiger partial charge in [0.15, 0.2) is 0 Å². The minimum absolute atomic E-state index is 0.739. The molecule has 1 aliphatic heterocycles. The predicted octanol–water partition coefficient (Wildman–Crippen LogP) is 2.53. The van der Waals surface area contributed by atoms with E-state index >= 15 is 0 Å². The van der Waals surface area contributed by atoms with Crippen molar-refractivity contribution < 1.29 is 0 Å². The first-order valence-corrected chi connectivity index (χ1v) is 7.34. The van der Waals surface area contributed by atoms with E-state index in [4.69, 9.17) is 5.26 Å². The van der Waals surface area contributed by atoms with Crippen molar-refractivity contribution in [3.8, 4) is 6.07 Å². The van der Waals surface area contributed by atoms with Gasteiger partial charge in [-0.05, 0) is 69.0 Å². The van der Waals surface area contributed by atoms with Crippen molar-refractivity contribution in [2.24, 2.45) is 5.92 Å². The SMILES string of the molecule is N#Cc1ccc(N(CC2CCNCC2)C2CC2)cc1. The maximum atomic E-state index is 8.88. The first kappa shape index (κ1) is 12.5. The van der Waals surface area contributed by atoms with Crippen molar-refractivity contribution in [2.45, 2.75) is 31.7 Å². The molecular formula is C16H21N3. The maximum absolute atomic E-state index is 8.88. The van der Waals surface area contributed by atoms with Crippen LogP contribution in [-0.2, 0) is 0 Å². The lowest BCUT2D eigenvalue weighted by Gasteiger charge is -2.32. The number of benzene rings is 1. The van der Waals surface area contributed by atoms with Gasteiger partial charge >= 0.3 is 0 Å². The Labute approximate surface area is 115 Å². The van der Waals surface area contributed by atoms with Crippen LogP contribution in [0.1, 0.15) is 31.2 Å². The van der Waals surface area contributed by atoms with E-state index < -0.39 is 0 Å². The highest BCUT2D eigenvalue weighted by atomic mass is 15.2. The molecule has 19 heavy (non-hydrogen) atoms. The summed E-state index contributed by atoms with van der Waals surface area (Å²) in [5.41, 5.74) is 2.04. The Kier molecular flexibility index (Phi) is 3.70. The molecule has 1 aromatic carbocycles. The van der Waals surface area contributed by atoms with E-state index in [1.807, 2.05) is 12.1 Å². The lowest BCUT2D eigenvalue weighted by atomic mass is 9.97.